The molecule has 0 saturated heterocycles. The molecule has 0 fully saturated rings. The Morgan fingerprint density at radius 2 is 2.10 bits per heavy atom. The Balaban J connectivity index is 1.74. The molecule has 0 saturated carbocycles. The Kier molecular flexibility index (Phi) is 3.64. The Hall–Kier alpha value is -2.69. The minimum absolute atomic E-state index is 0.654. The van der Waals surface area contributed by atoms with Crippen LogP contribution >= 0.6 is 0 Å². The number of nitrogens with zero attached hydrogens (tertiary/aromatic N) is 4. The van der Waals surface area contributed by atoms with E-state index < -0.39 is 0 Å². The molecule has 5 nitrogen and oxygen atoms in total. The number of hydrogen-bond acceptors (Lipinski definition) is 4. The van der Waals surface area contributed by atoms with Crippen LogP contribution in [0.5, 0.6) is 0 Å². The minimum Gasteiger partial charge on any atom is -0.350 e. The number of rotatable bonds is 4. The standard InChI is InChI=1S/C16H17N5/c1-12-6-7-17-16(20-12)18-9-13-4-3-5-14(8-13)15-10-19-21(2)11-15/h3-8,10-11H,9H2,1-2H3,(H,17,18,20). The molecule has 0 bridgehead atoms. The third kappa shape index (κ3) is 3.25. The molecule has 21 heavy (non-hydrogen) atoms. The summed E-state index contributed by atoms with van der Waals surface area (Å²) < 4.78 is 1.81. The molecule has 0 spiro atoms. The van der Waals surface area contributed by atoms with Gasteiger partial charge < -0.3 is 5.32 Å². The Bertz CT molecular complexity index is 748. The fourth-order valence-electron chi connectivity index (χ4n) is 2.15. The third-order valence-electron chi connectivity index (χ3n) is 3.21. The van der Waals surface area contributed by atoms with Crippen LogP contribution in [0.25, 0.3) is 11.1 Å². The SMILES string of the molecule is Cc1ccnc(NCc2cccc(-c3cnn(C)c3)c2)n1. The monoisotopic (exact) mass is 279 g/mol. The molecule has 0 amide bonds. The van der Waals surface area contributed by atoms with Gasteiger partial charge in [0.15, 0.2) is 0 Å². The quantitative estimate of drug-likeness (QED) is 0.798. The number of anilines is 1. The zero-order chi connectivity index (χ0) is 14.7. The number of benzene rings is 1. The van der Waals surface area contributed by atoms with E-state index in [9.17, 15) is 0 Å². The summed E-state index contributed by atoms with van der Waals surface area (Å²) in [6.45, 7) is 2.65. The smallest absolute Gasteiger partial charge is 0.223 e. The van der Waals surface area contributed by atoms with Crippen molar-refractivity contribution >= 4 is 5.95 Å². The highest BCUT2D eigenvalue weighted by molar-refractivity contribution is 5.62. The Labute approximate surface area is 123 Å². The molecule has 3 rings (SSSR count). The average molecular weight is 279 g/mol. The molecular formula is C16H17N5. The van der Waals surface area contributed by atoms with Crippen molar-refractivity contribution in [3.63, 3.8) is 0 Å². The lowest BCUT2D eigenvalue weighted by atomic mass is 10.1. The van der Waals surface area contributed by atoms with Gasteiger partial charge in [0, 0.05) is 37.2 Å². The molecule has 2 aromatic heterocycles. The topological polar surface area (TPSA) is 55.6 Å². The number of nitrogens with one attached hydrogen (secondary N) is 1. The van der Waals surface area contributed by atoms with Crippen molar-refractivity contribution in [3.8, 4) is 11.1 Å². The van der Waals surface area contributed by atoms with E-state index in [0.29, 0.717) is 12.5 Å². The molecule has 1 aromatic carbocycles. The first kappa shape index (κ1) is 13.3. The van der Waals surface area contributed by atoms with E-state index in [2.05, 4.69) is 44.6 Å². The van der Waals surface area contributed by atoms with E-state index in [4.69, 9.17) is 0 Å². The van der Waals surface area contributed by atoms with Crippen LogP contribution in [0.1, 0.15) is 11.3 Å². The zero-order valence-electron chi connectivity index (χ0n) is 12.1. The maximum Gasteiger partial charge on any atom is 0.223 e. The number of aromatic nitrogens is 4. The van der Waals surface area contributed by atoms with Crippen molar-refractivity contribution in [1.29, 1.82) is 0 Å². The van der Waals surface area contributed by atoms with Gasteiger partial charge >= 0.3 is 0 Å². The van der Waals surface area contributed by atoms with E-state index >= 15 is 0 Å². The van der Waals surface area contributed by atoms with E-state index in [1.54, 1.807) is 10.9 Å². The lowest BCUT2D eigenvalue weighted by Crippen LogP contribution is -2.03. The van der Waals surface area contributed by atoms with Gasteiger partial charge in [-0.15, -0.1) is 0 Å². The molecular weight excluding hydrogens is 262 g/mol. The molecule has 0 aliphatic heterocycles. The van der Waals surface area contributed by atoms with Crippen LogP contribution in [0.3, 0.4) is 0 Å². The van der Waals surface area contributed by atoms with Crippen molar-refractivity contribution in [2.75, 3.05) is 5.32 Å². The van der Waals surface area contributed by atoms with Gasteiger partial charge in [-0.25, -0.2) is 9.97 Å². The maximum absolute atomic E-state index is 4.34. The first-order valence-corrected chi connectivity index (χ1v) is 6.82. The molecule has 0 atom stereocenters. The number of hydrogen-bond donors (Lipinski definition) is 1. The highest BCUT2D eigenvalue weighted by atomic mass is 15.2. The molecule has 5 heteroatoms. The van der Waals surface area contributed by atoms with Crippen LogP contribution in [0.2, 0.25) is 0 Å². The van der Waals surface area contributed by atoms with Crippen LogP contribution in [-0.4, -0.2) is 19.7 Å². The van der Waals surface area contributed by atoms with Crippen molar-refractivity contribution in [2.24, 2.45) is 7.05 Å². The van der Waals surface area contributed by atoms with Gasteiger partial charge in [0.05, 0.1) is 6.20 Å². The third-order valence-corrected chi connectivity index (χ3v) is 3.21. The van der Waals surface area contributed by atoms with Gasteiger partial charge in [-0.2, -0.15) is 5.10 Å². The zero-order valence-corrected chi connectivity index (χ0v) is 12.1. The van der Waals surface area contributed by atoms with Gasteiger partial charge in [-0.3, -0.25) is 4.68 Å². The fraction of sp³-hybridized carbons (Fsp3) is 0.188. The molecule has 106 valence electrons. The summed E-state index contributed by atoms with van der Waals surface area (Å²) in [5.41, 5.74) is 4.41. The summed E-state index contributed by atoms with van der Waals surface area (Å²) in [5.74, 6) is 0.654. The second kappa shape index (κ2) is 5.75. The second-order valence-electron chi connectivity index (χ2n) is 4.98. The largest absolute Gasteiger partial charge is 0.350 e. The van der Waals surface area contributed by atoms with Gasteiger partial charge in [-0.1, -0.05) is 18.2 Å². The predicted octanol–water partition coefficient (Wildman–Crippen LogP) is 2.80. The molecule has 3 aromatic rings. The Morgan fingerprint density at radius 1 is 1.19 bits per heavy atom. The van der Waals surface area contributed by atoms with Gasteiger partial charge in [0.25, 0.3) is 0 Å². The lowest BCUT2D eigenvalue weighted by molar-refractivity contribution is 0.768. The van der Waals surface area contributed by atoms with E-state index in [1.165, 1.54) is 5.56 Å². The van der Waals surface area contributed by atoms with Crippen molar-refractivity contribution in [2.45, 2.75) is 13.5 Å². The summed E-state index contributed by atoms with van der Waals surface area (Å²) in [6, 6.07) is 10.3. The van der Waals surface area contributed by atoms with Crippen molar-refractivity contribution in [3.05, 3.63) is 60.2 Å². The highest BCUT2D eigenvalue weighted by Crippen LogP contribution is 2.19. The van der Waals surface area contributed by atoms with Crippen LogP contribution in [0, 0.1) is 6.92 Å². The summed E-state index contributed by atoms with van der Waals surface area (Å²) in [7, 11) is 1.92. The molecule has 2 heterocycles. The van der Waals surface area contributed by atoms with E-state index in [1.807, 2.05) is 32.4 Å². The van der Waals surface area contributed by atoms with Crippen molar-refractivity contribution < 1.29 is 0 Å². The van der Waals surface area contributed by atoms with Gasteiger partial charge in [0.1, 0.15) is 0 Å². The summed E-state index contributed by atoms with van der Waals surface area (Å²) in [4.78, 5) is 8.54. The van der Waals surface area contributed by atoms with Crippen LogP contribution < -0.4 is 5.32 Å². The van der Waals surface area contributed by atoms with Crippen molar-refractivity contribution in [1.82, 2.24) is 19.7 Å². The van der Waals surface area contributed by atoms with Crippen LogP contribution in [0.4, 0.5) is 5.95 Å². The first-order valence-electron chi connectivity index (χ1n) is 6.82. The van der Waals surface area contributed by atoms with Gasteiger partial charge in [0.2, 0.25) is 5.95 Å². The molecule has 0 unspecified atom stereocenters. The predicted molar refractivity (Wildman–Crippen MR) is 82.7 cm³/mol. The molecule has 0 aliphatic rings. The lowest BCUT2D eigenvalue weighted by Gasteiger charge is -2.06. The highest BCUT2D eigenvalue weighted by Gasteiger charge is 2.02. The second-order valence-corrected chi connectivity index (χ2v) is 4.98. The van der Waals surface area contributed by atoms with E-state index in [0.717, 1.165) is 16.8 Å². The van der Waals surface area contributed by atoms with Crippen LogP contribution in [0.15, 0.2) is 48.9 Å². The normalized spacial score (nSPS) is 10.6. The van der Waals surface area contributed by atoms with Gasteiger partial charge in [-0.05, 0) is 30.2 Å². The van der Waals surface area contributed by atoms with Crippen LogP contribution in [-0.2, 0) is 13.6 Å². The molecule has 0 radical (unpaired) electrons. The fourth-order valence-corrected chi connectivity index (χ4v) is 2.15. The summed E-state index contributed by atoms with van der Waals surface area (Å²) >= 11 is 0. The molecule has 0 aliphatic carbocycles. The average Bonchev–Trinajstić information content (AvgIpc) is 2.92. The Morgan fingerprint density at radius 3 is 2.86 bits per heavy atom. The van der Waals surface area contributed by atoms with E-state index in [-0.39, 0.29) is 0 Å². The number of aryl methyl sites for hydroxylation is 2. The summed E-state index contributed by atoms with van der Waals surface area (Å²) in [5, 5.41) is 7.45. The maximum atomic E-state index is 4.34. The summed E-state index contributed by atoms with van der Waals surface area (Å²) in [6.07, 6.45) is 5.64. The molecule has 1 N–H and O–H groups in total. The minimum atomic E-state index is 0.654. The first-order chi connectivity index (χ1) is 10.2.